The molecule has 0 bridgehead atoms. The van der Waals surface area contributed by atoms with Crippen molar-refractivity contribution in [3.05, 3.63) is 35.6 Å². The molecule has 3 nitrogen and oxygen atoms in total. The molecular formula is C13H19FN2OS. The number of hydrogen-bond donors (Lipinski definition) is 2. The van der Waals surface area contributed by atoms with Crippen LogP contribution < -0.4 is 11.1 Å². The summed E-state index contributed by atoms with van der Waals surface area (Å²) in [5, 5.41) is 2.73. The molecule has 0 fully saturated rings. The molecule has 1 aromatic rings. The third-order valence-electron chi connectivity index (χ3n) is 2.44. The fraction of sp³-hybridized carbons (Fsp3) is 0.462. The lowest BCUT2D eigenvalue weighted by Gasteiger charge is -2.20. The molecular weight excluding hydrogens is 251 g/mol. The molecule has 2 atom stereocenters. The molecule has 100 valence electrons. The van der Waals surface area contributed by atoms with Crippen molar-refractivity contribution in [2.24, 2.45) is 5.73 Å². The van der Waals surface area contributed by atoms with Crippen LogP contribution in [0.25, 0.3) is 0 Å². The Kier molecular flexibility index (Phi) is 6.15. The maximum Gasteiger partial charge on any atom is 0.230 e. The van der Waals surface area contributed by atoms with Crippen LogP contribution in [0.1, 0.15) is 24.7 Å². The van der Waals surface area contributed by atoms with Crippen molar-refractivity contribution in [1.29, 1.82) is 0 Å². The Morgan fingerprint density at radius 3 is 2.56 bits per heavy atom. The van der Waals surface area contributed by atoms with Gasteiger partial charge >= 0.3 is 0 Å². The predicted octanol–water partition coefficient (Wildman–Crippen LogP) is 2.08. The zero-order chi connectivity index (χ0) is 13.5. The second kappa shape index (κ2) is 7.38. The highest BCUT2D eigenvalue weighted by Crippen LogP contribution is 2.31. The third-order valence-corrected chi connectivity index (χ3v) is 3.93. The lowest BCUT2D eigenvalue weighted by Crippen LogP contribution is -2.28. The Labute approximate surface area is 111 Å². The normalized spacial score (nSPS) is 14.0. The first-order valence-corrected chi connectivity index (χ1v) is 6.98. The molecule has 0 aliphatic rings. The van der Waals surface area contributed by atoms with Gasteiger partial charge in [0, 0.05) is 17.8 Å². The number of hydrogen-bond acceptors (Lipinski definition) is 3. The second-order valence-electron chi connectivity index (χ2n) is 4.10. The zero-order valence-electron chi connectivity index (χ0n) is 10.7. The molecule has 5 heteroatoms. The van der Waals surface area contributed by atoms with E-state index in [1.54, 1.807) is 12.1 Å². The van der Waals surface area contributed by atoms with Crippen molar-refractivity contribution in [1.82, 2.24) is 5.32 Å². The Hall–Kier alpha value is -1.07. The van der Waals surface area contributed by atoms with Gasteiger partial charge in [0.15, 0.2) is 0 Å². The summed E-state index contributed by atoms with van der Waals surface area (Å²) in [6, 6.07) is 6.16. The number of amides is 1. The van der Waals surface area contributed by atoms with E-state index in [1.807, 2.05) is 13.8 Å². The Morgan fingerprint density at radius 2 is 2.06 bits per heavy atom. The molecule has 18 heavy (non-hydrogen) atoms. The topological polar surface area (TPSA) is 55.1 Å². The summed E-state index contributed by atoms with van der Waals surface area (Å²) in [5.41, 5.74) is 6.87. The maximum absolute atomic E-state index is 12.9. The Morgan fingerprint density at radius 1 is 1.44 bits per heavy atom. The summed E-state index contributed by atoms with van der Waals surface area (Å²) in [6.07, 6.45) is 0. The van der Waals surface area contributed by atoms with Crippen LogP contribution in [-0.2, 0) is 4.79 Å². The molecule has 1 rings (SSSR count). The fourth-order valence-electron chi connectivity index (χ4n) is 1.62. The van der Waals surface area contributed by atoms with Gasteiger partial charge in [0.05, 0.1) is 5.75 Å². The van der Waals surface area contributed by atoms with E-state index < -0.39 is 0 Å². The van der Waals surface area contributed by atoms with Crippen LogP contribution in [0.5, 0.6) is 0 Å². The highest BCUT2D eigenvalue weighted by molar-refractivity contribution is 8.00. The van der Waals surface area contributed by atoms with Gasteiger partial charge in [0.2, 0.25) is 5.91 Å². The summed E-state index contributed by atoms with van der Waals surface area (Å²) in [4.78, 5) is 11.4. The lowest BCUT2D eigenvalue weighted by molar-refractivity contribution is -0.118. The van der Waals surface area contributed by atoms with Crippen molar-refractivity contribution >= 4 is 17.7 Å². The second-order valence-corrected chi connectivity index (χ2v) is 5.23. The van der Waals surface area contributed by atoms with Gasteiger partial charge in [-0.3, -0.25) is 4.79 Å². The minimum absolute atomic E-state index is 0.00439. The first-order valence-electron chi connectivity index (χ1n) is 5.94. The van der Waals surface area contributed by atoms with Crippen LogP contribution in [0, 0.1) is 5.82 Å². The molecule has 0 aliphatic heterocycles. The molecule has 3 N–H and O–H groups in total. The summed E-state index contributed by atoms with van der Waals surface area (Å²) in [5.74, 6) is 0.0865. The summed E-state index contributed by atoms with van der Waals surface area (Å²) in [6.45, 7) is 4.39. The third kappa shape index (κ3) is 4.66. The van der Waals surface area contributed by atoms with Gasteiger partial charge in [-0.25, -0.2) is 4.39 Å². The van der Waals surface area contributed by atoms with E-state index in [9.17, 15) is 9.18 Å². The summed E-state index contributed by atoms with van der Waals surface area (Å²) < 4.78 is 12.9. The van der Waals surface area contributed by atoms with Crippen LogP contribution >= 0.6 is 11.8 Å². The first kappa shape index (κ1) is 15.0. The standard InChI is InChI=1S/C13H19FN2OS/c1-3-16-12(17)8-18-13(9(2)15)10-4-6-11(14)7-5-10/h4-7,9,13H,3,8,15H2,1-2H3,(H,16,17). The van der Waals surface area contributed by atoms with E-state index in [0.717, 1.165) is 5.56 Å². The summed E-state index contributed by atoms with van der Waals surface area (Å²) >= 11 is 1.48. The number of thioether (sulfide) groups is 1. The minimum Gasteiger partial charge on any atom is -0.356 e. The molecule has 0 spiro atoms. The van der Waals surface area contributed by atoms with Gasteiger partial charge in [-0.05, 0) is 31.5 Å². The van der Waals surface area contributed by atoms with E-state index in [0.29, 0.717) is 12.3 Å². The number of carbonyl (C=O) groups is 1. The van der Waals surface area contributed by atoms with Crippen molar-refractivity contribution in [2.75, 3.05) is 12.3 Å². The molecule has 0 heterocycles. The molecule has 0 aromatic heterocycles. The van der Waals surface area contributed by atoms with E-state index in [2.05, 4.69) is 5.32 Å². The number of benzene rings is 1. The van der Waals surface area contributed by atoms with E-state index in [-0.39, 0.29) is 23.0 Å². The molecule has 2 unspecified atom stereocenters. The molecule has 0 saturated heterocycles. The van der Waals surface area contributed by atoms with Crippen LogP contribution in [0.3, 0.4) is 0 Å². The number of nitrogens with one attached hydrogen (secondary N) is 1. The zero-order valence-corrected chi connectivity index (χ0v) is 11.5. The monoisotopic (exact) mass is 270 g/mol. The Bertz CT molecular complexity index is 381. The quantitative estimate of drug-likeness (QED) is 0.832. The lowest BCUT2D eigenvalue weighted by atomic mass is 10.1. The van der Waals surface area contributed by atoms with Gasteiger partial charge in [0.1, 0.15) is 5.82 Å². The van der Waals surface area contributed by atoms with Crippen molar-refractivity contribution < 1.29 is 9.18 Å². The summed E-state index contributed by atoms with van der Waals surface area (Å²) in [7, 11) is 0. The Balaban J connectivity index is 2.65. The van der Waals surface area contributed by atoms with Crippen LogP contribution in [0.15, 0.2) is 24.3 Å². The van der Waals surface area contributed by atoms with Gasteiger partial charge in [0.25, 0.3) is 0 Å². The molecule has 1 aromatic carbocycles. The van der Waals surface area contributed by atoms with Crippen molar-refractivity contribution in [2.45, 2.75) is 25.1 Å². The van der Waals surface area contributed by atoms with Gasteiger partial charge in [-0.2, -0.15) is 0 Å². The van der Waals surface area contributed by atoms with E-state index in [4.69, 9.17) is 5.73 Å². The maximum atomic E-state index is 12.9. The smallest absolute Gasteiger partial charge is 0.230 e. The molecule has 0 saturated carbocycles. The minimum atomic E-state index is -0.268. The SMILES string of the molecule is CCNC(=O)CSC(c1ccc(F)cc1)C(C)N. The number of halogens is 1. The van der Waals surface area contributed by atoms with Gasteiger partial charge in [-0.1, -0.05) is 12.1 Å². The van der Waals surface area contributed by atoms with Crippen molar-refractivity contribution in [3.63, 3.8) is 0 Å². The largest absolute Gasteiger partial charge is 0.356 e. The molecule has 0 radical (unpaired) electrons. The average molecular weight is 270 g/mol. The van der Waals surface area contributed by atoms with Gasteiger partial charge < -0.3 is 11.1 Å². The number of nitrogens with two attached hydrogens (primary N) is 1. The highest BCUT2D eigenvalue weighted by atomic mass is 32.2. The molecule has 0 aliphatic carbocycles. The predicted molar refractivity (Wildman–Crippen MR) is 73.9 cm³/mol. The van der Waals surface area contributed by atoms with E-state index >= 15 is 0 Å². The first-order chi connectivity index (χ1) is 8.54. The van der Waals surface area contributed by atoms with Crippen LogP contribution in [0.2, 0.25) is 0 Å². The van der Waals surface area contributed by atoms with Crippen LogP contribution in [-0.4, -0.2) is 24.2 Å². The average Bonchev–Trinajstić information content (AvgIpc) is 2.31. The number of rotatable bonds is 6. The fourth-order valence-corrected chi connectivity index (χ4v) is 2.70. The van der Waals surface area contributed by atoms with E-state index in [1.165, 1.54) is 23.9 Å². The number of carbonyl (C=O) groups excluding carboxylic acids is 1. The van der Waals surface area contributed by atoms with Crippen molar-refractivity contribution in [3.8, 4) is 0 Å². The van der Waals surface area contributed by atoms with Gasteiger partial charge in [-0.15, -0.1) is 11.8 Å². The molecule has 1 amide bonds. The van der Waals surface area contributed by atoms with Crippen LogP contribution in [0.4, 0.5) is 4.39 Å². The highest BCUT2D eigenvalue weighted by Gasteiger charge is 2.18.